The molecule has 0 bridgehead atoms. The molecule has 9 heteroatoms. The molecule has 3 aromatic rings. The highest BCUT2D eigenvalue weighted by Crippen LogP contribution is 2.39. The smallest absolute Gasteiger partial charge is 0.270 e. The minimum atomic E-state index is -0.548. The monoisotopic (exact) mass is 359 g/mol. The summed E-state index contributed by atoms with van der Waals surface area (Å²) in [4.78, 5) is 27.2. The molecule has 0 saturated carbocycles. The largest absolute Gasteiger partial charge is 0.454 e. The van der Waals surface area contributed by atoms with Gasteiger partial charge in [0.1, 0.15) is 0 Å². The van der Waals surface area contributed by atoms with Crippen molar-refractivity contribution < 1.29 is 14.4 Å². The van der Waals surface area contributed by atoms with Gasteiger partial charge in [-0.25, -0.2) is 4.98 Å². The summed E-state index contributed by atoms with van der Waals surface area (Å²) >= 11 is 6.15. The highest BCUT2D eigenvalue weighted by Gasteiger charge is 2.19. The molecule has 0 amide bonds. The van der Waals surface area contributed by atoms with Gasteiger partial charge in [-0.15, -0.1) is 0 Å². The zero-order valence-corrected chi connectivity index (χ0v) is 13.4. The zero-order chi connectivity index (χ0) is 17.6. The van der Waals surface area contributed by atoms with E-state index in [4.69, 9.17) is 21.1 Å². The third kappa shape index (κ3) is 2.66. The first-order chi connectivity index (χ1) is 12.0. The van der Waals surface area contributed by atoms with Crippen molar-refractivity contribution in [1.82, 2.24) is 9.55 Å². The molecule has 25 heavy (non-hydrogen) atoms. The van der Waals surface area contributed by atoms with Crippen molar-refractivity contribution in [3.63, 3.8) is 0 Å². The van der Waals surface area contributed by atoms with Crippen molar-refractivity contribution >= 4 is 28.2 Å². The Kier molecular flexibility index (Phi) is 3.54. The molecular weight excluding hydrogens is 350 g/mol. The molecule has 4 rings (SSSR count). The van der Waals surface area contributed by atoms with E-state index in [1.807, 2.05) is 0 Å². The van der Waals surface area contributed by atoms with Gasteiger partial charge in [0.05, 0.1) is 33.7 Å². The topological polar surface area (TPSA) is 96.5 Å². The van der Waals surface area contributed by atoms with Crippen LogP contribution in [0.15, 0.2) is 41.5 Å². The molecule has 0 aliphatic carbocycles. The first kappa shape index (κ1) is 15.4. The quantitative estimate of drug-likeness (QED) is 0.527. The minimum absolute atomic E-state index is 0.0969. The van der Waals surface area contributed by atoms with Gasteiger partial charge >= 0.3 is 0 Å². The fourth-order valence-corrected chi connectivity index (χ4v) is 2.97. The SMILES string of the molecule is O=c1c2cc([N+](=O)[O-])ccc2ncn1Cc1cc(Cl)c2c(c1)OCO2. The van der Waals surface area contributed by atoms with Crippen molar-refractivity contribution in [1.29, 1.82) is 0 Å². The van der Waals surface area contributed by atoms with Crippen molar-refractivity contribution in [2.24, 2.45) is 0 Å². The van der Waals surface area contributed by atoms with Gasteiger partial charge in [-0.1, -0.05) is 11.6 Å². The number of hydrogen-bond donors (Lipinski definition) is 0. The first-order valence-electron chi connectivity index (χ1n) is 7.24. The molecule has 0 radical (unpaired) electrons. The van der Waals surface area contributed by atoms with E-state index in [2.05, 4.69) is 4.98 Å². The van der Waals surface area contributed by atoms with Crippen molar-refractivity contribution in [2.75, 3.05) is 6.79 Å². The summed E-state index contributed by atoms with van der Waals surface area (Å²) in [5.41, 5.74) is 0.594. The predicted octanol–water partition coefficient (Wildman–Crippen LogP) is 2.74. The number of nitro benzene ring substituents is 1. The Hall–Kier alpha value is -3.13. The Labute approximate surface area is 145 Å². The van der Waals surface area contributed by atoms with Crippen LogP contribution in [-0.4, -0.2) is 21.3 Å². The van der Waals surface area contributed by atoms with Gasteiger partial charge in [0.25, 0.3) is 11.2 Å². The molecule has 2 aromatic carbocycles. The number of halogens is 1. The molecule has 1 aliphatic heterocycles. The summed E-state index contributed by atoms with van der Waals surface area (Å²) in [5, 5.41) is 11.5. The second-order valence-corrected chi connectivity index (χ2v) is 5.85. The summed E-state index contributed by atoms with van der Waals surface area (Å²) in [5.74, 6) is 0.991. The van der Waals surface area contributed by atoms with E-state index in [1.54, 1.807) is 12.1 Å². The molecule has 0 saturated heterocycles. The van der Waals surface area contributed by atoms with Crippen LogP contribution in [0.2, 0.25) is 5.02 Å². The third-order valence-electron chi connectivity index (χ3n) is 3.86. The number of aromatic nitrogens is 2. The van der Waals surface area contributed by atoms with Gasteiger partial charge < -0.3 is 9.47 Å². The van der Waals surface area contributed by atoms with Crippen LogP contribution in [0.25, 0.3) is 10.9 Å². The molecule has 0 spiro atoms. The van der Waals surface area contributed by atoms with Crippen LogP contribution in [0.3, 0.4) is 0 Å². The number of rotatable bonds is 3. The van der Waals surface area contributed by atoms with Crippen LogP contribution < -0.4 is 15.0 Å². The standard InChI is InChI=1S/C16H10ClN3O5/c17-12-3-9(4-14-15(12)25-8-24-14)6-19-7-18-13-2-1-10(20(22)23)5-11(13)16(19)21/h1-5,7H,6,8H2. The Morgan fingerprint density at radius 3 is 2.92 bits per heavy atom. The van der Waals surface area contributed by atoms with Crippen LogP contribution in [0.1, 0.15) is 5.56 Å². The Morgan fingerprint density at radius 2 is 2.12 bits per heavy atom. The summed E-state index contributed by atoms with van der Waals surface area (Å²) < 4.78 is 11.9. The third-order valence-corrected chi connectivity index (χ3v) is 4.14. The second kappa shape index (κ2) is 5.75. The van der Waals surface area contributed by atoms with Gasteiger partial charge in [-0.3, -0.25) is 19.5 Å². The molecule has 8 nitrogen and oxygen atoms in total. The van der Waals surface area contributed by atoms with Crippen molar-refractivity contribution in [2.45, 2.75) is 6.54 Å². The summed E-state index contributed by atoms with van der Waals surface area (Å²) in [6.45, 7) is 0.292. The normalized spacial score (nSPS) is 12.5. The van der Waals surface area contributed by atoms with E-state index in [0.717, 1.165) is 5.56 Å². The molecule has 0 unspecified atom stereocenters. The average Bonchev–Trinajstić information content (AvgIpc) is 3.06. The van der Waals surface area contributed by atoms with Crippen molar-refractivity contribution in [3.8, 4) is 11.5 Å². The number of fused-ring (bicyclic) bond motifs is 2. The minimum Gasteiger partial charge on any atom is -0.454 e. The molecule has 0 N–H and O–H groups in total. The van der Waals surface area contributed by atoms with Gasteiger partial charge in [-0.05, 0) is 23.8 Å². The van der Waals surface area contributed by atoms with Gasteiger partial charge in [-0.2, -0.15) is 0 Å². The molecule has 1 aromatic heterocycles. The number of hydrogen-bond acceptors (Lipinski definition) is 6. The highest BCUT2D eigenvalue weighted by atomic mass is 35.5. The summed E-state index contributed by atoms with van der Waals surface area (Å²) in [7, 11) is 0. The number of non-ortho nitro benzene ring substituents is 1. The van der Waals surface area contributed by atoms with E-state index in [1.165, 1.54) is 29.1 Å². The number of nitrogens with zero attached hydrogens (tertiary/aromatic N) is 3. The Balaban J connectivity index is 1.77. The van der Waals surface area contributed by atoms with E-state index < -0.39 is 4.92 Å². The average molecular weight is 360 g/mol. The fourth-order valence-electron chi connectivity index (χ4n) is 2.68. The van der Waals surface area contributed by atoms with Crippen molar-refractivity contribution in [3.05, 3.63) is 67.7 Å². The summed E-state index contributed by atoms with van der Waals surface area (Å²) in [6, 6.07) is 7.42. The van der Waals surface area contributed by atoms with Gasteiger partial charge in [0, 0.05) is 12.1 Å². The van der Waals surface area contributed by atoms with E-state index >= 15 is 0 Å². The lowest BCUT2D eigenvalue weighted by atomic mass is 10.2. The van der Waals surface area contributed by atoms with Crippen LogP contribution in [0.4, 0.5) is 5.69 Å². The predicted molar refractivity (Wildman–Crippen MR) is 89.3 cm³/mol. The van der Waals surface area contributed by atoms with Gasteiger partial charge in [0.2, 0.25) is 6.79 Å². The number of nitro groups is 1. The number of benzene rings is 2. The summed E-state index contributed by atoms with van der Waals surface area (Å²) in [6.07, 6.45) is 1.40. The maximum absolute atomic E-state index is 12.6. The van der Waals surface area contributed by atoms with Crippen LogP contribution in [0, 0.1) is 10.1 Å². The molecular formula is C16H10ClN3O5. The lowest BCUT2D eigenvalue weighted by Gasteiger charge is -2.08. The number of ether oxygens (including phenoxy) is 2. The maximum atomic E-state index is 12.6. The Morgan fingerprint density at radius 1 is 1.28 bits per heavy atom. The molecule has 2 heterocycles. The molecule has 0 atom stereocenters. The van der Waals surface area contributed by atoms with E-state index in [-0.39, 0.29) is 30.0 Å². The van der Waals surface area contributed by atoms with Crippen LogP contribution >= 0.6 is 11.6 Å². The first-order valence-corrected chi connectivity index (χ1v) is 7.62. The lowest BCUT2D eigenvalue weighted by Crippen LogP contribution is -2.21. The highest BCUT2D eigenvalue weighted by molar-refractivity contribution is 6.32. The van der Waals surface area contributed by atoms with Gasteiger partial charge in [0.15, 0.2) is 11.5 Å². The molecule has 1 aliphatic rings. The van der Waals surface area contributed by atoms with Crippen LogP contribution in [0.5, 0.6) is 11.5 Å². The second-order valence-electron chi connectivity index (χ2n) is 5.45. The maximum Gasteiger partial charge on any atom is 0.270 e. The molecule has 0 fully saturated rings. The van der Waals surface area contributed by atoms with E-state index in [0.29, 0.717) is 22.0 Å². The zero-order valence-electron chi connectivity index (χ0n) is 12.6. The lowest BCUT2D eigenvalue weighted by molar-refractivity contribution is -0.384. The van der Waals surface area contributed by atoms with Crippen LogP contribution in [-0.2, 0) is 6.54 Å². The fraction of sp³-hybridized carbons (Fsp3) is 0.125. The Bertz CT molecular complexity index is 1080. The molecule has 126 valence electrons. The van der Waals surface area contributed by atoms with E-state index in [9.17, 15) is 14.9 Å².